The molecule has 2 unspecified atom stereocenters. The average Bonchev–Trinajstić information content (AvgIpc) is 2.32. The molecule has 0 bridgehead atoms. The van der Waals surface area contributed by atoms with E-state index in [0.717, 1.165) is 30.0 Å². The Hall–Kier alpha value is -1.13. The van der Waals surface area contributed by atoms with Crippen molar-refractivity contribution in [2.45, 2.75) is 32.9 Å². The number of piperidine rings is 1. The summed E-state index contributed by atoms with van der Waals surface area (Å²) in [7, 11) is 0. The molecule has 94 valence electrons. The van der Waals surface area contributed by atoms with Gasteiger partial charge < -0.3 is 15.7 Å². The van der Waals surface area contributed by atoms with Crippen LogP contribution in [0.1, 0.15) is 24.6 Å². The van der Waals surface area contributed by atoms with Gasteiger partial charge in [-0.25, -0.2) is 4.98 Å². The Morgan fingerprint density at radius 1 is 1.53 bits per heavy atom. The lowest BCUT2D eigenvalue weighted by atomic mass is 9.96. The molecule has 0 spiro atoms. The Morgan fingerprint density at radius 3 is 2.94 bits per heavy atom. The van der Waals surface area contributed by atoms with E-state index in [4.69, 9.17) is 5.73 Å². The number of aliphatic hydroxyl groups is 1. The van der Waals surface area contributed by atoms with Gasteiger partial charge in [-0.1, -0.05) is 13.0 Å². The molecular weight excluding hydrogens is 214 g/mol. The van der Waals surface area contributed by atoms with Crippen LogP contribution < -0.4 is 10.6 Å². The molecule has 2 rings (SSSR count). The fraction of sp³-hybridized carbons (Fsp3) is 0.615. The molecule has 4 heteroatoms. The van der Waals surface area contributed by atoms with Gasteiger partial charge in [0.1, 0.15) is 5.82 Å². The Balaban J connectivity index is 2.24. The third-order valence-corrected chi connectivity index (χ3v) is 3.53. The minimum atomic E-state index is -0.267. The number of aliphatic hydroxyl groups excluding tert-OH is 1. The van der Waals surface area contributed by atoms with E-state index in [1.54, 1.807) is 0 Å². The van der Waals surface area contributed by atoms with Gasteiger partial charge in [0.05, 0.1) is 6.10 Å². The third kappa shape index (κ3) is 2.58. The normalized spacial score (nSPS) is 25.1. The Labute approximate surface area is 102 Å². The third-order valence-electron chi connectivity index (χ3n) is 3.53. The van der Waals surface area contributed by atoms with Gasteiger partial charge in [-0.2, -0.15) is 0 Å². The summed E-state index contributed by atoms with van der Waals surface area (Å²) in [5.74, 6) is 1.32. The van der Waals surface area contributed by atoms with Crippen LogP contribution in [-0.2, 0) is 6.54 Å². The highest BCUT2D eigenvalue weighted by Gasteiger charge is 2.26. The molecule has 4 nitrogen and oxygen atoms in total. The van der Waals surface area contributed by atoms with Gasteiger partial charge in [0, 0.05) is 30.9 Å². The summed E-state index contributed by atoms with van der Waals surface area (Å²) in [6.45, 7) is 6.17. The van der Waals surface area contributed by atoms with Crippen LogP contribution in [0.25, 0.3) is 0 Å². The van der Waals surface area contributed by atoms with Crippen LogP contribution in [-0.4, -0.2) is 29.3 Å². The molecular formula is C13H21N3O. The largest absolute Gasteiger partial charge is 0.391 e. The van der Waals surface area contributed by atoms with E-state index < -0.39 is 0 Å². The molecule has 0 aliphatic carbocycles. The summed E-state index contributed by atoms with van der Waals surface area (Å²) >= 11 is 0. The van der Waals surface area contributed by atoms with E-state index in [2.05, 4.69) is 16.8 Å². The monoisotopic (exact) mass is 235 g/mol. The van der Waals surface area contributed by atoms with Crippen molar-refractivity contribution in [3.63, 3.8) is 0 Å². The van der Waals surface area contributed by atoms with Crippen LogP contribution in [0, 0.1) is 12.8 Å². The molecule has 1 aromatic rings. The van der Waals surface area contributed by atoms with E-state index >= 15 is 0 Å². The van der Waals surface area contributed by atoms with Crippen molar-refractivity contribution >= 4 is 5.82 Å². The number of pyridine rings is 1. The molecule has 2 atom stereocenters. The second-order valence-corrected chi connectivity index (χ2v) is 4.92. The lowest BCUT2D eigenvalue weighted by molar-refractivity contribution is 0.102. The smallest absolute Gasteiger partial charge is 0.133 e. The number of hydrogen-bond donors (Lipinski definition) is 2. The van der Waals surface area contributed by atoms with Gasteiger partial charge in [0.2, 0.25) is 0 Å². The van der Waals surface area contributed by atoms with Crippen molar-refractivity contribution in [1.29, 1.82) is 0 Å². The number of hydrogen-bond acceptors (Lipinski definition) is 4. The quantitative estimate of drug-likeness (QED) is 0.804. The fourth-order valence-electron chi connectivity index (χ4n) is 2.25. The predicted octanol–water partition coefficient (Wildman–Crippen LogP) is 1.06. The zero-order valence-corrected chi connectivity index (χ0v) is 10.6. The number of aromatic nitrogens is 1. The number of rotatable bonds is 2. The molecule has 0 saturated carbocycles. The molecule has 0 radical (unpaired) electrons. The second kappa shape index (κ2) is 5.02. The summed E-state index contributed by atoms with van der Waals surface area (Å²) in [5.41, 5.74) is 7.78. The highest BCUT2D eigenvalue weighted by molar-refractivity contribution is 5.48. The van der Waals surface area contributed by atoms with Gasteiger partial charge in [-0.3, -0.25) is 0 Å². The maximum absolute atomic E-state index is 9.94. The van der Waals surface area contributed by atoms with Crippen LogP contribution >= 0.6 is 0 Å². The lowest BCUT2D eigenvalue weighted by Crippen LogP contribution is -2.43. The van der Waals surface area contributed by atoms with Crippen molar-refractivity contribution in [1.82, 2.24) is 4.98 Å². The molecule has 17 heavy (non-hydrogen) atoms. The van der Waals surface area contributed by atoms with Crippen LogP contribution in [0.15, 0.2) is 12.1 Å². The first-order chi connectivity index (χ1) is 8.11. The maximum atomic E-state index is 9.94. The summed E-state index contributed by atoms with van der Waals surface area (Å²) in [6, 6.07) is 4.01. The van der Waals surface area contributed by atoms with E-state index in [-0.39, 0.29) is 6.10 Å². The van der Waals surface area contributed by atoms with E-state index in [1.807, 2.05) is 19.1 Å². The molecule has 3 N–H and O–H groups in total. The first-order valence-electron chi connectivity index (χ1n) is 6.21. The predicted molar refractivity (Wildman–Crippen MR) is 68.9 cm³/mol. The maximum Gasteiger partial charge on any atom is 0.133 e. The fourth-order valence-corrected chi connectivity index (χ4v) is 2.25. The van der Waals surface area contributed by atoms with Crippen molar-refractivity contribution in [3.05, 3.63) is 23.4 Å². The van der Waals surface area contributed by atoms with E-state index in [0.29, 0.717) is 19.0 Å². The van der Waals surface area contributed by atoms with E-state index in [9.17, 15) is 5.11 Å². The summed E-state index contributed by atoms with van der Waals surface area (Å²) in [4.78, 5) is 6.71. The standard InChI is InChI=1S/C13H21N3O/c1-9-5-6-16(8-12(9)17)13-11(7-14)4-3-10(2)15-13/h3-4,9,12,17H,5-8,14H2,1-2H3. The van der Waals surface area contributed by atoms with Crippen LogP contribution in [0.2, 0.25) is 0 Å². The zero-order chi connectivity index (χ0) is 12.4. The summed E-state index contributed by atoms with van der Waals surface area (Å²) in [5, 5.41) is 9.94. The molecule has 0 aromatic carbocycles. The zero-order valence-electron chi connectivity index (χ0n) is 10.6. The summed E-state index contributed by atoms with van der Waals surface area (Å²) in [6.07, 6.45) is 0.734. The second-order valence-electron chi connectivity index (χ2n) is 4.92. The van der Waals surface area contributed by atoms with Crippen LogP contribution in [0.4, 0.5) is 5.82 Å². The minimum Gasteiger partial charge on any atom is -0.391 e. The van der Waals surface area contributed by atoms with Crippen molar-refractivity contribution < 1.29 is 5.11 Å². The van der Waals surface area contributed by atoms with Gasteiger partial charge in [0.25, 0.3) is 0 Å². The summed E-state index contributed by atoms with van der Waals surface area (Å²) < 4.78 is 0. The number of anilines is 1. The van der Waals surface area contributed by atoms with E-state index in [1.165, 1.54) is 0 Å². The lowest BCUT2D eigenvalue weighted by Gasteiger charge is -2.36. The SMILES string of the molecule is Cc1ccc(CN)c(N2CCC(C)C(O)C2)n1. The number of nitrogens with zero attached hydrogens (tertiary/aromatic N) is 2. The van der Waals surface area contributed by atoms with Crippen LogP contribution in [0.5, 0.6) is 0 Å². The number of β-amino-alcohol motifs (C(OH)–C–C–N with tert-alkyl or cyclic N) is 1. The first kappa shape index (κ1) is 12.3. The average molecular weight is 235 g/mol. The molecule has 1 aromatic heterocycles. The Kier molecular flexibility index (Phi) is 3.64. The molecule has 1 fully saturated rings. The van der Waals surface area contributed by atoms with Gasteiger partial charge >= 0.3 is 0 Å². The molecule has 1 aliphatic heterocycles. The van der Waals surface area contributed by atoms with Crippen molar-refractivity contribution in [2.24, 2.45) is 11.7 Å². The Bertz CT molecular complexity index is 394. The molecule has 2 heterocycles. The topological polar surface area (TPSA) is 62.4 Å². The van der Waals surface area contributed by atoms with Gasteiger partial charge in [0.15, 0.2) is 0 Å². The van der Waals surface area contributed by atoms with Gasteiger partial charge in [-0.15, -0.1) is 0 Å². The molecule has 1 aliphatic rings. The van der Waals surface area contributed by atoms with Gasteiger partial charge in [-0.05, 0) is 25.3 Å². The molecule has 0 amide bonds. The minimum absolute atomic E-state index is 0.267. The van der Waals surface area contributed by atoms with Crippen molar-refractivity contribution in [3.8, 4) is 0 Å². The highest BCUT2D eigenvalue weighted by atomic mass is 16.3. The Morgan fingerprint density at radius 2 is 2.29 bits per heavy atom. The highest BCUT2D eigenvalue weighted by Crippen LogP contribution is 2.24. The van der Waals surface area contributed by atoms with Crippen LogP contribution in [0.3, 0.4) is 0 Å². The number of aryl methyl sites for hydroxylation is 1. The van der Waals surface area contributed by atoms with Crippen molar-refractivity contribution in [2.75, 3.05) is 18.0 Å². The molecule has 1 saturated heterocycles. The number of nitrogens with two attached hydrogens (primary N) is 1. The first-order valence-corrected chi connectivity index (χ1v) is 6.21.